The van der Waals surface area contributed by atoms with Crippen LogP contribution in [0.4, 0.5) is 13.2 Å². The summed E-state index contributed by atoms with van der Waals surface area (Å²) in [7, 11) is 0. The van der Waals surface area contributed by atoms with Crippen LogP contribution in [0, 0.1) is 13.8 Å². The van der Waals surface area contributed by atoms with Crippen LogP contribution >= 0.6 is 22.9 Å². The van der Waals surface area contributed by atoms with Gasteiger partial charge in [-0.25, -0.2) is 9.78 Å². The summed E-state index contributed by atoms with van der Waals surface area (Å²) in [5, 5.41) is 11.7. The maximum absolute atomic E-state index is 13.9. The average molecular weight is 706 g/mol. The Hall–Kier alpha value is -3.56. The minimum absolute atomic E-state index is 0.123. The van der Waals surface area contributed by atoms with Gasteiger partial charge >= 0.3 is 12.3 Å². The maximum Gasteiger partial charge on any atom is 0.522 e. The topological polar surface area (TPSA) is 133 Å². The molecule has 0 saturated carbocycles. The highest BCUT2D eigenvalue weighted by molar-refractivity contribution is 7.18. The van der Waals surface area contributed by atoms with Gasteiger partial charge in [0.15, 0.2) is 0 Å². The second-order valence-electron chi connectivity index (χ2n) is 12.3. The van der Waals surface area contributed by atoms with E-state index in [4.69, 9.17) is 27.1 Å². The zero-order valence-electron chi connectivity index (χ0n) is 26.4. The third kappa shape index (κ3) is 6.81. The molecule has 0 bridgehead atoms. The van der Waals surface area contributed by atoms with E-state index in [0.29, 0.717) is 76.0 Å². The monoisotopic (exact) mass is 705 g/mol. The number of likely N-dealkylation sites (tertiary alicyclic amines) is 1. The van der Waals surface area contributed by atoms with Gasteiger partial charge in [0.25, 0.3) is 5.56 Å². The molecule has 15 heteroatoms. The van der Waals surface area contributed by atoms with Crippen LogP contribution in [0.5, 0.6) is 5.75 Å². The lowest BCUT2D eigenvalue weighted by Crippen LogP contribution is -2.60. The number of piperidine rings is 1. The van der Waals surface area contributed by atoms with Gasteiger partial charge in [-0.3, -0.25) is 24.0 Å². The van der Waals surface area contributed by atoms with Gasteiger partial charge in [-0.15, -0.1) is 24.5 Å². The van der Waals surface area contributed by atoms with Crippen LogP contribution < -0.4 is 16.0 Å². The molecule has 1 atom stereocenters. The van der Waals surface area contributed by atoms with Gasteiger partial charge in [0.2, 0.25) is 0 Å². The van der Waals surface area contributed by atoms with E-state index in [1.54, 1.807) is 42.0 Å². The van der Waals surface area contributed by atoms with E-state index < -0.39 is 24.0 Å². The highest BCUT2D eigenvalue weighted by Crippen LogP contribution is 2.40. The summed E-state index contributed by atoms with van der Waals surface area (Å²) in [5.74, 6) is -0.000289. The standard InChI is InChI=1S/C33H35ClF3N5O5S/c1-18-13-23(29-28(39-18)25(16-48-29)31(44)45)22-14-20(34)3-4-27(22)46-12-11-42-19(2)40-26-5-8-32(17-38,15-24(26)30(42)43)41-9-6-21(7-10-41)47-33(35,36)37/h3-4,13-14,16,21H,5-12,15,17,38H2,1-2H3,(H,44,45)/t32-/m1/s1. The predicted octanol–water partition coefficient (Wildman–Crippen LogP) is 5.75. The highest BCUT2D eigenvalue weighted by Gasteiger charge is 2.43. The Morgan fingerprint density at radius 3 is 2.62 bits per heavy atom. The molecule has 4 heterocycles. The number of fused-ring (bicyclic) bond motifs is 2. The molecular weight excluding hydrogens is 671 g/mol. The molecule has 0 amide bonds. The largest absolute Gasteiger partial charge is 0.522 e. The Balaban J connectivity index is 1.22. The van der Waals surface area contributed by atoms with E-state index in [0.717, 1.165) is 11.3 Å². The molecule has 1 saturated heterocycles. The van der Waals surface area contributed by atoms with Gasteiger partial charge in [0.1, 0.15) is 18.2 Å². The normalized spacial score (nSPS) is 19.1. The number of hydrogen-bond acceptors (Lipinski definition) is 9. The first-order valence-corrected chi connectivity index (χ1v) is 16.9. The number of thiophene rings is 1. The Morgan fingerprint density at radius 2 is 1.94 bits per heavy atom. The van der Waals surface area contributed by atoms with E-state index in [2.05, 4.69) is 14.6 Å². The van der Waals surface area contributed by atoms with E-state index in [-0.39, 0.29) is 43.7 Å². The number of rotatable bonds is 9. The fraction of sp³-hybridized carbons (Fsp3) is 0.455. The number of ether oxygens (including phenoxy) is 2. The zero-order valence-corrected chi connectivity index (χ0v) is 28.0. The van der Waals surface area contributed by atoms with Crippen molar-refractivity contribution in [2.45, 2.75) is 70.5 Å². The van der Waals surface area contributed by atoms with Crippen molar-refractivity contribution in [2.75, 3.05) is 26.2 Å². The first-order valence-electron chi connectivity index (χ1n) is 15.6. The summed E-state index contributed by atoms with van der Waals surface area (Å²) in [5.41, 5.74) is 9.42. The Labute approximate surface area is 283 Å². The van der Waals surface area contributed by atoms with Gasteiger partial charge < -0.3 is 15.6 Å². The van der Waals surface area contributed by atoms with Crippen LogP contribution in [0.1, 0.15) is 52.4 Å². The smallest absolute Gasteiger partial charge is 0.491 e. The summed E-state index contributed by atoms with van der Waals surface area (Å²) in [4.78, 5) is 37.1. The number of carbonyl (C=O) groups is 1. The molecule has 0 spiro atoms. The van der Waals surface area contributed by atoms with Crippen molar-refractivity contribution in [2.24, 2.45) is 5.73 Å². The number of halogens is 4. The van der Waals surface area contributed by atoms with Gasteiger partial charge in [0.05, 0.1) is 34.1 Å². The van der Waals surface area contributed by atoms with Crippen LogP contribution in [-0.2, 0) is 24.1 Å². The van der Waals surface area contributed by atoms with E-state index in [9.17, 15) is 27.9 Å². The molecule has 6 rings (SSSR count). The van der Waals surface area contributed by atoms with E-state index in [1.807, 2.05) is 6.07 Å². The molecule has 4 aromatic rings. The lowest BCUT2D eigenvalue weighted by molar-refractivity contribution is -0.346. The van der Waals surface area contributed by atoms with Crippen molar-refractivity contribution in [1.82, 2.24) is 19.4 Å². The summed E-state index contributed by atoms with van der Waals surface area (Å²) >= 11 is 7.68. The van der Waals surface area contributed by atoms with Crippen molar-refractivity contribution in [1.29, 1.82) is 0 Å². The first-order chi connectivity index (χ1) is 22.8. The number of nitrogens with zero attached hydrogens (tertiary/aromatic N) is 4. The summed E-state index contributed by atoms with van der Waals surface area (Å²) in [6.45, 7) is 4.94. The van der Waals surface area contributed by atoms with Crippen molar-refractivity contribution in [3.05, 3.63) is 73.4 Å². The minimum Gasteiger partial charge on any atom is -0.491 e. The van der Waals surface area contributed by atoms with Crippen molar-refractivity contribution in [3.63, 3.8) is 0 Å². The third-order valence-electron chi connectivity index (χ3n) is 9.35. The molecule has 3 N–H and O–H groups in total. The molecular formula is C33H35ClF3N5O5S. The highest BCUT2D eigenvalue weighted by atomic mass is 35.5. The molecule has 10 nitrogen and oxygen atoms in total. The van der Waals surface area contributed by atoms with Crippen molar-refractivity contribution < 1.29 is 32.5 Å². The van der Waals surface area contributed by atoms with Gasteiger partial charge in [-0.2, -0.15) is 0 Å². The van der Waals surface area contributed by atoms with Crippen LogP contribution in [-0.4, -0.2) is 74.8 Å². The summed E-state index contributed by atoms with van der Waals surface area (Å²) in [6.07, 6.45) is -3.56. The first kappa shape index (κ1) is 34.3. The number of hydrogen-bond donors (Lipinski definition) is 2. The molecule has 3 aromatic heterocycles. The number of carboxylic acid groups (broad SMARTS) is 1. The molecule has 2 aliphatic rings. The van der Waals surface area contributed by atoms with Gasteiger partial charge in [-0.1, -0.05) is 11.6 Å². The molecule has 1 aromatic carbocycles. The quantitative estimate of drug-likeness (QED) is 0.223. The zero-order chi connectivity index (χ0) is 34.4. The number of aromatic carboxylic acids is 1. The molecule has 0 radical (unpaired) electrons. The number of pyridine rings is 1. The summed E-state index contributed by atoms with van der Waals surface area (Å²) in [6, 6.07) is 7.06. The lowest BCUT2D eigenvalue weighted by Gasteiger charge is -2.48. The maximum atomic E-state index is 13.9. The number of alkyl halides is 3. The Kier molecular flexibility index (Phi) is 9.57. The molecule has 48 heavy (non-hydrogen) atoms. The number of nitrogens with two attached hydrogens (primary N) is 1. The number of aromatic nitrogens is 3. The second-order valence-corrected chi connectivity index (χ2v) is 13.6. The SMILES string of the molecule is Cc1cc(-c2cc(Cl)ccc2OCCn2c(C)nc3c(c2=O)C[C@](CN)(N2CCC(OC(F)(F)F)CC2)CC3)c2scc(C(=O)O)c2n1. The number of carboxylic acids is 1. The predicted molar refractivity (Wildman–Crippen MR) is 176 cm³/mol. The number of benzene rings is 1. The molecule has 1 fully saturated rings. The average Bonchev–Trinajstić information content (AvgIpc) is 3.46. The van der Waals surface area contributed by atoms with Gasteiger partial charge in [-0.05, 0) is 70.2 Å². The minimum atomic E-state index is -4.67. The van der Waals surface area contributed by atoms with Crippen molar-refractivity contribution >= 4 is 39.1 Å². The Morgan fingerprint density at radius 1 is 1.19 bits per heavy atom. The van der Waals surface area contributed by atoms with Crippen LogP contribution in [0.15, 0.2) is 34.4 Å². The Bertz CT molecular complexity index is 1920. The summed E-state index contributed by atoms with van der Waals surface area (Å²) < 4.78 is 51.1. The lowest BCUT2D eigenvalue weighted by atomic mass is 9.77. The molecule has 0 unspecified atom stereocenters. The number of aryl methyl sites for hydroxylation is 3. The fourth-order valence-electron chi connectivity index (χ4n) is 6.96. The van der Waals surface area contributed by atoms with Crippen LogP contribution in [0.3, 0.4) is 0 Å². The van der Waals surface area contributed by atoms with E-state index >= 15 is 0 Å². The molecule has 256 valence electrons. The molecule has 1 aliphatic heterocycles. The third-order valence-corrected chi connectivity index (χ3v) is 10.6. The van der Waals surface area contributed by atoms with Gasteiger partial charge in [0, 0.05) is 58.0 Å². The van der Waals surface area contributed by atoms with Crippen LogP contribution in [0.2, 0.25) is 5.02 Å². The van der Waals surface area contributed by atoms with E-state index in [1.165, 1.54) is 11.3 Å². The second kappa shape index (κ2) is 13.4. The van der Waals surface area contributed by atoms with Crippen molar-refractivity contribution in [3.8, 4) is 16.9 Å². The van der Waals surface area contributed by atoms with Crippen LogP contribution in [0.25, 0.3) is 21.3 Å². The fourth-order valence-corrected chi connectivity index (χ4v) is 8.14. The molecule has 1 aliphatic carbocycles.